The smallest absolute Gasteiger partial charge is 1.00 e. The van der Waals surface area contributed by atoms with Crippen molar-refractivity contribution in [3.05, 3.63) is 45.0 Å². The average Bonchev–Trinajstić information content (AvgIpc) is 3.24. The zero-order valence-electron chi connectivity index (χ0n) is 14.7. The van der Waals surface area contributed by atoms with E-state index in [1.54, 1.807) is 0 Å². The third-order valence-corrected chi connectivity index (χ3v) is 3.07. The zero-order chi connectivity index (χ0) is 19.7. The van der Waals surface area contributed by atoms with E-state index in [9.17, 15) is 20.2 Å². The zero-order valence-corrected chi connectivity index (χ0v) is 18.5. The average molecular weight is 638 g/mol. The molecule has 0 bridgehead atoms. The summed E-state index contributed by atoms with van der Waals surface area (Å²) in [4.78, 5) is 26.5. The second kappa shape index (κ2) is 16.2. The standard InChI is InChI=1S/2C6H10N4O3.2ClH.Pt/c2*7-3-5(11)4-9-2-1-8-6(9)10(12)13;;;/h2*1-2,5,11H,3-4,7H2;2*1H;/q;;;;+2/p-2. The number of nitro groups is 2. The number of aliphatic hydroxyl groups excluding tert-OH is 2. The van der Waals surface area contributed by atoms with Gasteiger partial charge in [-0.15, -0.1) is 0 Å². The van der Waals surface area contributed by atoms with Crippen molar-refractivity contribution in [2.24, 2.45) is 11.5 Å². The summed E-state index contributed by atoms with van der Waals surface area (Å²) in [7, 11) is 0. The van der Waals surface area contributed by atoms with Crippen LogP contribution in [0.1, 0.15) is 0 Å². The largest absolute Gasteiger partial charge is 2.00 e. The molecule has 2 heterocycles. The second-order valence-electron chi connectivity index (χ2n) is 5.05. The summed E-state index contributed by atoms with van der Waals surface area (Å²) in [6.45, 7) is 0.310. The van der Waals surface area contributed by atoms with Crippen molar-refractivity contribution < 1.29 is 65.9 Å². The summed E-state index contributed by atoms with van der Waals surface area (Å²) in [5.41, 5.74) is 10.3. The van der Waals surface area contributed by atoms with Crippen LogP contribution in [0.25, 0.3) is 0 Å². The van der Waals surface area contributed by atoms with Gasteiger partial charge in [-0.2, -0.15) is 0 Å². The molecule has 29 heavy (non-hydrogen) atoms. The van der Waals surface area contributed by atoms with Gasteiger partial charge in [0.25, 0.3) is 0 Å². The quantitative estimate of drug-likeness (QED) is 0.158. The first-order valence-corrected chi connectivity index (χ1v) is 7.37. The molecule has 0 saturated carbocycles. The minimum atomic E-state index is -0.784. The molecule has 2 atom stereocenters. The SMILES string of the molecule is NCC(O)Cn1ccnc1[N+](=O)[O-].NCC(O)Cn1ccnc1[N+](=O)[O-].[Cl-].[Cl-].[Pt+2]. The van der Waals surface area contributed by atoms with E-state index >= 15 is 0 Å². The first-order chi connectivity index (χ1) is 12.3. The molecule has 2 aromatic rings. The number of aromatic nitrogens is 4. The number of imidazole rings is 2. The van der Waals surface area contributed by atoms with Gasteiger partial charge in [0.15, 0.2) is 0 Å². The number of hydrogen-bond acceptors (Lipinski definition) is 10. The first kappa shape index (κ1) is 32.0. The fourth-order valence-corrected chi connectivity index (χ4v) is 1.83. The topological polar surface area (TPSA) is 214 Å². The number of rotatable bonds is 8. The van der Waals surface area contributed by atoms with Gasteiger partial charge in [0.2, 0.25) is 0 Å². The summed E-state index contributed by atoms with van der Waals surface area (Å²) in [5.74, 6) is -0.569. The van der Waals surface area contributed by atoms with Crippen LogP contribution in [0.4, 0.5) is 11.9 Å². The van der Waals surface area contributed by atoms with Crippen molar-refractivity contribution in [2.45, 2.75) is 25.3 Å². The molecule has 2 rings (SSSR count). The molecule has 0 radical (unpaired) electrons. The van der Waals surface area contributed by atoms with Crippen molar-refractivity contribution in [3.63, 3.8) is 0 Å². The van der Waals surface area contributed by atoms with E-state index in [0.717, 1.165) is 0 Å². The third-order valence-electron chi connectivity index (χ3n) is 3.07. The Hall–Kier alpha value is -1.67. The van der Waals surface area contributed by atoms with Crippen LogP contribution >= 0.6 is 0 Å². The normalized spacial score (nSPS) is 11.4. The Morgan fingerprint density at radius 2 is 1.21 bits per heavy atom. The molecule has 2 aromatic heterocycles. The molecule has 17 heteroatoms. The Labute approximate surface area is 191 Å². The molecule has 168 valence electrons. The van der Waals surface area contributed by atoms with Crippen LogP contribution in [0.3, 0.4) is 0 Å². The molecule has 14 nitrogen and oxygen atoms in total. The first-order valence-electron chi connectivity index (χ1n) is 7.37. The van der Waals surface area contributed by atoms with Crippen molar-refractivity contribution in [2.75, 3.05) is 13.1 Å². The van der Waals surface area contributed by atoms with E-state index in [4.69, 9.17) is 21.7 Å². The van der Waals surface area contributed by atoms with Gasteiger partial charge >= 0.3 is 33.0 Å². The Morgan fingerprint density at radius 3 is 1.45 bits per heavy atom. The number of hydrogen-bond donors (Lipinski definition) is 4. The molecule has 0 amide bonds. The van der Waals surface area contributed by atoms with Gasteiger partial charge in [-0.05, 0) is 9.85 Å². The van der Waals surface area contributed by atoms with Crippen LogP contribution in [0.5, 0.6) is 0 Å². The summed E-state index contributed by atoms with van der Waals surface area (Å²) in [5, 5.41) is 39.0. The van der Waals surface area contributed by atoms with Crippen molar-refractivity contribution in [1.29, 1.82) is 0 Å². The van der Waals surface area contributed by atoms with Gasteiger partial charge < -0.3 is 66.7 Å². The predicted octanol–water partition coefficient (Wildman–Crippen LogP) is -7.77. The van der Waals surface area contributed by atoms with Crippen LogP contribution in [0, 0.1) is 20.2 Å². The van der Waals surface area contributed by atoms with Gasteiger partial charge in [0, 0.05) is 13.1 Å². The Morgan fingerprint density at radius 1 is 0.897 bits per heavy atom. The summed E-state index contributed by atoms with van der Waals surface area (Å²) in [6.07, 6.45) is 3.90. The van der Waals surface area contributed by atoms with Crippen LogP contribution in [-0.2, 0) is 34.2 Å². The second-order valence-corrected chi connectivity index (χ2v) is 5.05. The molecule has 2 unspecified atom stereocenters. The monoisotopic (exact) mass is 637 g/mol. The van der Waals surface area contributed by atoms with Crippen LogP contribution in [0.15, 0.2) is 24.8 Å². The van der Waals surface area contributed by atoms with Crippen LogP contribution in [0.2, 0.25) is 0 Å². The molecule has 6 N–H and O–H groups in total. The van der Waals surface area contributed by atoms with E-state index in [-0.39, 0.29) is 84.0 Å². The molecule has 0 fully saturated rings. The molecule has 0 aliphatic heterocycles. The molecular formula is C12H20Cl2N8O6Pt. The van der Waals surface area contributed by atoms with Gasteiger partial charge in [-0.25, -0.2) is 9.13 Å². The number of halogens is 2. The van der Waals surface area contributed by atoms with E-state index in [1.807, 2.05) is 0 Å². The van der Waals surface area contributed by atoms with Gasteiger partial charge in [-0.1, -0.05) is 9.97 Å². The van der Waals surface area contributed by atoms with Crippen molar-refractivity contribution >= 4 is 11.9 Å². The molecule has 0 aromatic carbocycles. The molecule has 0 aliphatic carbocycles. The predicted molar refractivity (Wildman–Crippen MR) is 87.9 cm³/mol. The maximum absolute atomic E-state index is 10.4. The summed E-state index contributed by atoms with van der Waals surface area (Å²) >= 11 is 0. The molecule has 0 spiro atoms. The third kappa shape index (κ3) is 10.6. The molecule has 0 saturated heterocycles. The Bertz CT molecular complexity index is 673. The van der Waals surface area contributed by atoms with E-state index in [0.29, 0.717) is 0 Å². The Balaban J connectivity index is -0.000000422. The summed E-state index contributed by atoms with van der Waals surface area (Å²) in [6, 6.07) is 0. The van der Waals surface area contributed by atoms with E-state index in [1.165, 1.54) is 33.9 Å². The minimum absolute atomic E-state index is 0. The van der Waals surface area contributed by atoms with Crippen LogP contribution in [-0.4, -0.2) is 64.5 Å². The van der Waals surface area contributed by atoms with E-state index < -0.39 is 22.1 Å². The maximum Gasteiger partial charge on any atom is 2.00 e. The van der Waals surface area contributed by atoms with Crippen molar-refractivity contribution in [1.82, 2.24) is 19.1 Å². The molecule has 0 aliphatic rings. The van der Waals surface area contributed by atoms with Gasteiger partial charge in [0.05, 0.1) is 25.3 Å². The number of aliphatic hydroxyl groups is 2. The fourth-order valence-electron chi connectivity index (χ4n) is 1.83. The number of nitrogens with zero attached hydrogens (tertiary/aromatic N) is 6. The van der Waals surface area contributed by atoms with Gasteiger partial charge in [-0.3, -0.25) is 0 Å². The number of nitrogens with two attached hydrogens (primary N) is 2. The van der Waals surface area contributed by atoms with E-state index in [2.05, 4.69) is 9.97 Å². The Kier molecular flexibility index (Phi) is 17.8. The minimum Gasteiger partial charge on any atom is -1.00 e. The van der Waals surface area contributed by atoms with Gasteiger partial charge in [0.1, 0.15) is 24.8 Å². The molecular weight excluding hydrogens is 618 g/mol. The van der Waals surface area contributed by atoms with Crippen LogP contribution < -0.4 is 36.3 Å². The maximum atomic E-state index is 10.4. The summed E-state index contributed by atoms with van der Waals surface area (Å²) < 4.78 is 2.50. The van der Waals surface area contributed by atoms with Crippen molar-refractivity contribution in [3.8, 4) is 0 Å². The fraction of sp³-hybridized carbons (Fsp3) is 0.500.